The molecule has 1 aromatic rings. The van der Waals surface area contributed by atoms with Gasteiger partial charge in [-0.25, -0.2) is 8.78 Å². The average Bonchev–Trinajstić information content (AvgIpc) is 2.51. The van der Waals surface area contributed by atoms with Crippen LogP contribution >= 0.6 is 0 Å². The van der Waals surface area contributed by atoms with Crippen molar-refractivity contribution in [1.29, 1.82) is 0 Å². The highest BCUT2D eigenvalue weighted by atomic mass is 19.1. The van der Waals surface area contributed by atoms with Crippen LogP contribution in [0.4, 0.5) is 8.78 Å². The second kappa shape index (κ2) is 8.04. The van der Waals surface area contributed by atoms with Crippen molar-refractivity contribution in [3.05, 3.63) is 35.4 Å². The Bertz CT molecular complexity index is 578. The molecule has 2 amide bonds. The smallest absolute Gasteiger partial charge is 0.254 e. The molecular weight excluding hydrogens is 302 g/mol. The number of nitrogens with one attached hydrogen (secondary N) is 1. The summed E-state index contributed by atoms with van der Waals surface area (Å²) in [5.74, 6) is -1.57. The van der Waals surface area contributed by atoms with Gasteiger partial charge in [0.1, 0.15) is 11.6 Å². The highest BCUT2D eigenvalue weighted by molar-refractivity contribution is 5.94. The van der Waals surface area contributed by atoms with Crippen LogP contribution in [-0.2, 0) is 4.79 Å². The van der Waals surface area contributed by atoms with Gasteiger partial charge in [0.2, 0.25) is 5.91 Å². The zero-order valence-electron chi connectivity index (χ0n) is 13.3. The van der Waals surface area contributed by atoms with E-state index in [0.29, 0.717) is 24.8 Å². The molecule has 2 rings (SSSR count). The highest BCUT2D eigenvalue weighted by Crippen LogP contribution is 2.16. The van der Waals surface area contributed by atoms with Crippen LogP contribution in [0.3, 0.4) is 0 Å². The number of amides is 2. The summed E-state index contributed by atoms with van der Waals surface area (Å²) in [5.41, 5.74) is -0.192. The molecule has 1 saturated heterocycles. The largest absolute Gasteiger partial charge is 0.352 e. The van der Waals surface area contributed by atoms with Crippen molar-refractivity contribution in [3.8, 4) is 0 Å². The lowest BCUT2D eigenvalue weighted by molar-refractivity contribution is -0.132. The first-order chi connectivity index (χ1) is 11.0. The van der Waals surface area contributed by atoms with Crippen LogP contribution in [0.15, 0.2) is 18.2 Å². The molecule has 1 N–H and O–H groups in total. The van der Waals surface area contributed by atoms with Crippen molar-refractivity contribution < 1.29 is 18.4 Å². The van der Waals surface area contributed by atoms with E-state index in [1.54, 1.807) is 0 Å². The van der Waals surface area contributed by atoms with E-state index in [4.69, 9.17) is 0 Å². The summed E-state index contributed by atoms with van der Waals surface area (Å²) in [6.45, 7) is 4.02. The molecule has 126 valence electrons. The van der Waals surface area contributed by atoms with Crippen molar-refractivity contribution in [3.63, 3.8) is 0 Å². The fourth-order valence-corrected chi connectivity index (χ4v) is 2.78. The van der Waals surface area contributed by atoms with Crippen LogP contribution in [0.5, 0.6) is 0 Å². The maximum atomic E-state index is 13.5. The number of piperidine rings is 1. The number of likely N-dealkylation sites (tertiary alicyclic amines) is 1. The average molecular weight is 324 g/mol. The number of halogens is 2. The van der Waals surface area contributed by atoms with E-state index in [2.05, 4.69) is 12.2 Å². The highest BCUT2D eigenvalue weighted by Gasteiger charge is 2.20. The molecule has 1 atom stereocenters. The van der Waals surface area contributed by atoms with E-state index in [-0.39, 0.29) is 18.0 Å². The molecular formula is C17H22F2N2O2. The predicted molar refractivity (Wildman–Crippen MR) is 82.9 cm³/mol. The second-order valence-electron chi connectivity index (χ2n) is 6.07. The van der Waals surface area contributed by atoms with Crippen molar-refractivity contribution in [2.24, 2.45) is 5.92 Å². The Labute approximate surface area is 134 Å². The molecule has 0 saturated carbocycles. The summed E-state index contributed by atoms with van der Waals surface area (Å²) in [7, 11) is 0. The second-order valence-corrected chi connectivity index (χ2v) is 6.07. The van der Waals surface area contributed by atoms with Crippen molar-refractivity contribution >= 4 is 11.8 Å². The van der Waals surface area contributed by atoms with E-state index >= 15 is 0 Å². The first-order valence-corrected chi connectivity index (χ1v) is 7.98. The fourth-order valence-electron chi connectivity index (χ4n) is 2.78. The van der Waals surface area contributed by atoms with Gasteiger partial charge in [-0.05, 0) is 37.3 Å². The number of benzene rings is 1. The summed E-state index contributed by atoms with van der Waals surface area (Å²) in [6, 6.07) is 2.83. The van der Waals surface area contributed by atoms with Crippen LogP contribution in [0.25, 0.3) is 0 Å². The normalized spacial score (nSPS) is 17.9. The number of hydrogen-bond acceptors (Lipinski definition) is 2. The van der Waals surface area contributed by atoms with Crippen LogP contribution in [0.2, 0.25) is 0 Å². The molecule has 1 aromatic carbocycles. The fraction of sp³-hybridized carbons (Fsp3) is 0.529. The Morgan fingerprint density at radius 1 is 1.35 bits per heavy atom. The summed E-state index contributed by atoms with van der Waals surface area (Å²) >= 11 is 0. The van der Waals surface area contributed by atoms with Gasteiger partial charge in [0.05, 0.1) is 5.56 Å². The molecule has 1 fully saturated rings. The van der Waals surface area contributed by atoms with E-state index in [1.807, 2.05) is 4.90 Å². The molecule has 1 aliphatic rings. The topological polar surface area (TPSA) is 49.4 Å². The van der Waals surface area contributed by atoms with Gasteiger partial charge >= 0.3 is 0 Å². The standard InChI is InChI=1S/C17H22F2N2O2/c1-12-4-3-9-21(11-12)16(22)5-2-8-20-17(23)14-7-6-13(18)10-15(14)19/h6-7,10,12H,2-5,8-9,11H2,1H3,(H,20,23). The van der Waals surface area contributed by atoms with Gasteiger partial charge in [-0.3, -0.25) is 9.59 Å². The molecule has 0 spiro atoms. The first-order valence-electron chi connectivity index (χ1n) is 7.98. The summed E-state index contributed by atoms with van der Waals surface area (Å²) in [5, 5.41) is 2.55. The Hall–Kier alpha value is -1.98. The number of rotatable bonds is 5. The molecule has 1 aliphatic heterocycles. The summed E-state index contributed by atoms with van der Waals surface area (Å²) < 4.78 is 26.3. The van der Waals surface area contributed by atoms with Crippen LogP contribution in [0.1, 0.15) is 43.0 Å². The molecule has 4 nitrogen and oxygen atoms in total. The van der Waals surface area contributed by atoms with E-state index in [0.717, 1.165) is 38.1 Å². The van der Waals surface area contributed by atoms with Gasteiger partial charge in [-0.2, -0.15) is 0 Å². The molecule has 23 heavy (non-hydrogen) atoms. The quantitative estimate of drug-likeness (QED) is 0.847. The Balaban J connectivity index is 1.72. The van der Waals surface area contributed by atoms with Gasteiger partial charge in [-0.1, -0.05) is 6.92 Å². The lowest BCUT2D eigenvalue weighted by Crippen LogP contribution is -2.39. The minimum atomic E-state index is -0.888. The predicted octanol–water partition coefficient (Wildman–Crippen LogP) is 2.73. The van der Waals surface area contributed by atoms with Crippen molar-refractivity contribution in [2.45, 2.75) is 32.6 Å². The van der Waals surface area contributed by atoms with Crippen LogP contribution in [-0.4, -0.2) is 36.3 Å². The SMILES string of the molecule is CC1CCCN(C(=O)CCCNC(=O)c2ccc(F)cc2F)C1. The lowest BCUT2D eigenvalue weighted by Gasteiger charge is -2.31. The first kappa shape index (κ1) is 17.4. The number of nitrogens with zero attached hydrogens (tertiary/aromatic N) is 1. The van der Waals surface area contributed by atoms with E-state index in [1.165, 1.54) is 0 Å². The van der Waals surface area contributed by atoms with Gasteiger partial charge in [0.25, 0.3) is 5.91 Å². The maximum Gasteiger partial charge on any atom is 0.254 e. The van der Waals surface area contributed by atoms with Crippen molar-refractivity contribution in [2.75, 3.05) is 19.6 Å². The Kier molecular flexibility index (Phi) is 6.07. The zero-order valence-corrected chi connectivity index (χ0v) is 13.3. The minimum absolute atomic E-state index is 0.0961. The molecule has 0 aliphatic carbocycles. The van der Waals surface area contributed by atoms with E-state index < -0.39 is 17.5 Å². The molecule has 0 bridgehead atoms. The van der Waals surface area contributed by atoms with Crippen LogP contribution in [0, 0.1) is 17.6 Å². The summed E-state index contributed by atoms with van der Waals surface area (Å²) in [4.78, 5) is 25.7. The molecule has 1 unspecified atom stereocenters. The van der Waals surface area contributed by atoms with Gasteiger partial charge in [0.15, 0.2) is 0 Å². The molecule has 1 heterocycles. The molecule has 0 aromatic heterocycles. The Morgan fingerprint density at radius 2 is 2.13 bits per heavy atom. The van der Waals surface area contributed by atoms with Gasteiger partial charge in [-0.15, -0.1) is 0 Å². The number of carbonyl (C=O) groups is 2. The zero-order chi connectivity index (χ0) is 16.8. The lowest BCUT2D eigenvalue weighted by atomic mass is 10.00. The minimum Gasteiger partial charge on any atom is -0.352 e. The number of hydrogen-bond donors (Lipinski definition) is 1. The number of carbonyl (C=O) groups excluding carboxylic acids is 2. The summed E-state index contributed by atoms with van der Waals surface area (Å²) in [6.07, 6.45) is 3.05. The third kappa shape index (κ3) is 5.01. The van der Waals surface area contributed by atoms with Crippen LogP contribution < -0.4 is 5.32 Å². The van der Waals surface area contributed by atoms with Gasteiger partial charge in [0, 0.05) is 32.1 Å². The van der Waals surface area contributed by atoms with Crippen molar-refractivity contribution in [1.82, 2.24) is 10.2 Å². The van der Waals surface area contributed by atoms with Gasteiger partial charge < -0.3 is 10.2 Å². The third-order valence-electron chi connectivity index (χ3n) is 4.04. The third-order valence-corrected chi connectivity index (χ3v) is 4.04. The molecule has 0 radical (unpaired) electrons. The van der Waals surface area contributed by atoms with E-state index in [9.17, 15) is 18.4 Å². The monoisotopic (exact) mass is 324 g/mol. The Morgan fingerprint density at radius 3 is 2.83 bits per heavy atom. The maximum absolute atomic E-state index is 13.5. The molecule has 6 heteroatoms.